The average Bonchev–Trinajstić information content (AvgIpc) is 3.97. The zero-order valence-electron chi connectivity index (χ0n) is 27.3. The Labute approximate surface area is 281 Å². The summed E-state index contributed by atoms with van der Waals surface area (Å²) in [6.07, 6.45) is 9.55. The highest BCUT2D eigenvalue weighted by atomic mass is 32.2. The first-order valence-electron chi connectivity index (χ1n) is 17.1. The average molecular weight is 684 g/mol. The molecule has 14 heteroatoms. The Bertz CT molecular complexity index is 1560. The first-order chi connectivity index (χ1) is 23.1. The van der Waals surface area contributed by atoms with Gasteiger partial charge in [-0.15, -0.1) is 0 Å². The van der Waals surface area contributed by atoms with Crippen LogP contribution in [0.3, 0.4) is 0 Å². The van der Waals surface area contributed by atoms with Crippen molar-refractivity contribution in [2.75, 3.05) is 6.54 Å². The van der Waals surface area contributed by atoms with Crippen LogP contribution in [-0.4, -0.2) is 84.5 Å². The second-order valence-corrected chi connectivity index (χ2v) is 15.6. The summed E-state index contributed by atoms with van der Waals surface area (Å²) in [6.45, 7) is 1.82. The molecule has 48 heavy (non-hydrogen) atoms. The minimum atomic E-state index is -3.86. The van der Waals surface area contributed by atoms with Gasteiger partial charge < -0.3 is 25.1 Å². The molecule has 4 amide bonds. The topological polar surface area (TPSA) is 173 Å². The van der Waals surface area contributed by atoms with E-state index in [1.807, 2.05) is 42.5 Å². The molecule has 13 nitrogen and oxygen atoms in total. The third-order valence-electron chi connectivity index (χ3n) is 9.99. The van der Waals surface area contributed by atoms with Crippen LogP contribution in [0, 0.1) is 5.92 Å². The Balaban J connectivity index is 1.25. The van der Waals surface area contributed by atoms with Gasteiger partial charge in [-0.05, 0) is 70.3 Å². The molecule has 4 fully saturated rings. The number of benzene rings is 1. The zero-order chi connectivity index (χ0) is 33.9. The van der Waals surface area contributed by atoms with Crippen LogP contribution in [-0.2, 0) is 34.0 Å². The number of nitrogens with zero attached hydrogens (tertiary/aromatic N) is 2. The van der Waals surface area contributed by atoms with Gasteiger partial charge in [-0.3, -0.25) is 19.1 Å². The fraction of sp³-hybridized carbons (Fsp3) is 0.618. The predicted octanol–water partition coefficient (Wildman–Crippen LogP) is 3.05. The van der Waals surface area contributed by atoms with Crippen LogP contribution in [0.15, 0.2) is 47.6 Å². The van der Waals surface area contributed by atoms with Crippen molar-refractivity contribution >= 4 is 39.5 Å². The van der Waals surface area contributed by atoms with Crippen LogP contribution in [0.1, 0.15) is 89.5 Å². The van der Waals surface area contributed by atoms with Crippen LogP contribution < -0.4 is 15.4 Å². The van der Waals surface area contributed by atoms with Gasteiger partial charge in [0.2, 0.25) is 21.8 Å². The molecule has 6 rings (SSSR count). The minimum absolute atomic E-state index is 0.0247. The van der Waals surface area contributed by atoms with E-state index >= 15 is 0 Å². The maximum atomic E-state index is 14.2. The molecule has 2 aliphatic heterocycles. The van der Waals surface area contributed by atoms with E-state index in [0.29, 0.717) is 31.4 Å². The molecule has 260 valence electrons. The lowest BCUT2D eigenvalue weighted by Gasteiger charge is -2.30. The van der Waals surface area contributed by atoms with E-state index in [0.717, 1.165) is 44.1 Å². The van der Waals surface area contributed by atoms with Crippen molar-refractivity contribution in [3.05, 3.63) is 48.0 Å². The summed E-state index contributed by atoms with van der Waals surface area (Å²) in [5, 5.41) is 9.30. The van der Waals surface area contributed by atoms with Gasteiger partial charge in [0, 0.05) is 12.3 Å². The van der Waals surface area contributed by atoms with Gasteiger partial charge >= 0.3 is 6.09 Å². The van der Waals surface area contributed by atoms with Crippen molar-refractivity contribution in [3.63, 3.8) is 0 Å². The van der Waals surface area contributed by atoms with E-state index < -0.39 is 68.7 Å². The number of rotatable bonds is 8. The van der Waals surface area contributed by atoms with Gasteiger partial charge in [0.05, 0.1) is 17.5 Å². The zero-order valence-corrected chi connectivity index (χ0v) is 28.1. The second kappa shape index (κ2) is 14.3. The molecule has 1 aromatic rings. The molecule has 0 spiro atoms. The van der Waals surface area contributed by atoms with E-state index in [1.165, 1.54) is 4.90 Å². The van der Waals surface area contributed by atoms with Crippen molar-refractivity contribution in [1.82, 2.24) is 20.3 Å². The summed E-state index contributed by atoms with van der Waals surface area (Å²) in [7, 11) is -3.86. The van der Waals surface area contributed by atoms with Crippen LogP contribution in [0.5, 0.6) is 0 Å². The number of nitrogens with one attached hydrogen (secondary N) is 3. The quantitative estimate of drug-likeness (QED) is 0.213. The third kappa shape index (κ3) is 7.85. The number of hydrogen-bond donors (Lipinski definition) is 3. The number of oxime groups is 1. The number of allylic oxidation sites excluding steroid dienone is 1. The number of sulfonamides is 1. The maximum absolute atomic E-state index is 14.2. The van der Waals surface area contributed by atoms with Gasteiger partial charge in [0.1, 0.15) is 29.8 Å². The van der Waals surface area contributed by atoms with E-state index in [9.17, 15) is 27.6 Å². The molecule has 0 radical (unpaired) electrons. The van der Waals surface area contributed by atoms with E-state index in [-0.39, 0.29) is 25.5 Å². The molecule has 1 aromatic carbocycles. The van der Waals surface area contributed by atoms with E-state index in [4.69, 9.17) is 9.57 Å². The summed E-state index contributed by atoms with van der Waals surface area (Å²) in [4.78, 5) is 62.0. The molecule has 5 aliphatic rings. The smallest absolute Gasteiger partial charge is 0.408 e. The molecule has 5 atom stereocenters. The molecular weight excluding hydrogens is 638 g/mol. The predicted molar refractivity (Wildman–Crippen MR) is 176 cm³/mol. The Morgan fingerprint density at radius 2 is 1.77 bits per heavy atom. The summed E-state index contributed by atoms with van der Waals surface area (Å²) in [5.41, 5.74) is 0.0138. The molecule has 1 saturated heterocycles. The van der Waals surface area contributed by atoms with Crippen molar-refractivity contribution < 1.29 is 37.2 Å². The Morgan fingerprint density at radius 3 is 2.48 bits per heavy atom. The number of amides is 4. The monoisotopic (exact) mass is 683 g/mol. The highest BCUT2D eigenvalue weighted by Gasteiger charge is 2.62. The molecule has 3 N–H and O–H groups in total. The largest absolute Gasteiger partial charge is 0.446 e. The molecule has 0 aromatic heterocycles. The van der Waals surface area contributed by atoms with Gasteiger partial charge in [-0.25, -0.2) is 13.2 Å². The summed E-state index contributed by atoms with van der Waals surface area (Å²) in [5.74, 6) is -2.22. The Kier molecular flexibility index (Phi) is 10.1. The number of carbonyl (C=O) groups is 4. The SMILES string of the molecule is C/C(=N\O[C@@H]1C[C@H]2C(=O)NC3(C(=O)NS(=O)(=O)C4CC4)C[C@H]3/C=C\CCCCC[C@H](NC(=O)OC3CCC3)C(=O)N2C1)c1ccccc1. The van der Waals surface area contributed by atoms with Gasteiger partial charge in [-0.2, -0.15) is 0 Å². The Hall–Kier alpha value is -3.94. The number of fused-ring (bicyclic) bond motifs is 2. The molecule has 3 saturated carbocycles. The minimum Gasteiger partial charge on any atom is -0.446 e. The van der Waals surface area contributed by atoms with Crippen LogP contribution in [0.4, 0.5) is 4.79 Å². The fourth-order valence-corrected chi connectivity index (χ4v) is 7.90. The van der Waals surface area contributed by atoms with Crippen molar-refractivity contribution in [2.24, 2.45) is 11.1 Å². The summed E-state index contributed by atoms with van der Waals surface area (Å²) >= 11 is 0. The molecule has 0 bridgehead atoms. The van der Waals surface area contributed by atoms with Crippen molar-refractivity contribution in [3.8, 4) is 0 Å². The summed E-state index contributed by atoms with van der Waals surface area (Å²) in [6, 6.07) is 7.46. The van der Waals surface area contributed by atoms with Gasteiger partial charge in [-0.1, -0.05) is 60.5 Å². The van der Waals surface area contributed by atoms with Crippen LogP contribution in [0.2, 0.25) is 0 Å². The highest BCUT2D eigenvalue weighted by Crippen LogP contribution is 2.46. The van der Waals surface area contributed by atoms with Gasteiger partial charge in [0.15, 0.2) is 0 Å². The van der Waals surface area contributed by atoms with Crippen LogP contribution >= 0.6 is 0 Å². The number of hydrogen-bond acceptors (Lipinski definition) is 9. The lowest BCUT2D eigenvalue weighted by molar-refractivity contribution is -0.141. The standard InChI is InChI=1S/C34H45N5O8S/c1-22(23-11-6-5-7-12-23)37-47-26-19-29-30(40)36-34(32(42)38-48(44,45)27-17-18-27)20-24(34)13-8-3-2-4-9-16-28(31(41)39(29)21-26)35-33(43)46-25-14-10-15-25/h5-8,11-13,24-29H,2-4,9-10,14-21H2,1H3,(H,35,43)(H,36,40)(H,38,42)/b13-8-,37-22+/t24-,26-,28+,29+,34?/m1/s1. The Morgan fingerprint density at radius 1 is 1.00 bits per heavy atom. The van der Waals surface area contributed by atoms with Crippen molar-refractivity contribution in [2.45, 2.75) is 119 Å². The third-order valence-corrected chi connectivity index (χ3v) is 11.8. The van der Waals surface area contributed by atoms with E-state index in [1.54, 1.807) is 6.92 Å². The second-order valence-electron chi connectivity index (χ2n) is 13.7. The molecule has 2 heterocycles. The normalized spacial score (nSPS) is 30.7. The number of alkyl carbamates (subject to hydrolysis) is 1. The highest BCUT2D eigenvalue weighted by molar-refractivity contribution is 7.91. The van der Waals surface area contributed by atoms with Gasteiger partial charge in [0.25, 0.3) is 5.91 Å². The lowest BCUT2D eigenvalue weighted by atomic mass is 9.96. The lowest BCUT2D eigenvalue weighted by Crippen LogP contribution is -2.58. The molecule has 3 aliphatic carbocycles. The fourth-order valence-electron chi connectivity index (χ4n) is 6.54. The number of ether oxygens (including phenoxy) is 1. The molecular formula is C34H45N5O8S. The summed E-state index contributed by atoms with van der Waals surface area (Å²) < 4.78 is 33.1. The number of carbonyl (C=O) groups excluding carboxylic acids is 4. The first kappa shape index (κ1) is 33.9. The van der Waals surface area contributed by atoms with E-state index in [2.05, 4.69) is 20.5 Å². The first-order valence-corrected chi connectivity index (χ1v) is 18.7. The maximum Gasteiger partial charge on any atom is 0.408 e. The molecule has 1 unspecified atom stereocenters. The van der Waals surface area contributed by atoms with Crippen molar-refractivity contribution in [1.29, 1.82) is 0 Å². The van der Waals surface area contributed by atoms with Crippen LogP contribution in [0.25, 0.3) is 0 Å².